The highest BCUT2D eigenvalue weighted by atomic mass is 79.9. The summed E-state index contributed by atoms with van der Waals surface area (Å²) in [5.74, 6) is -1.06. The van der Waals surface area contributed by atoms with Crippen molar-refractivity contribution >= 4 is 33.5 Å². The lowest BCUT2D eigenvalue weighted by Gasteiger charge is -2.16. The summed E-state index contributed by atoms with van der Waals surface area (Å²) in [5, 5.41) is 14.0. The lowest BCUT2D eigenvalue weighted by atomic mass is 9.89. The van der Waals surface area contributed by atoms with Gasteiger partial charge in [0, 0.05) is 9.89 Å². The van der Waals surface area contributed by atoms with Gasteiger partial charge in [-0.3, -0.25) is 0 Å². The van der Waals surface area contributed by atoms with Gasteiger partial charge in [0.15, 0.2) is 0 Å². The fraction of sp³-hybridized carbons (Fsp3) is 0.333. The molecule has 0 fully saturated rings. The summed E-state index contributed by atoms with van der Waals surface area (Å²) in [6.07, 6.45) is 0. The molecule has 1 aromatic carbocycles. The number of benzene rings is 1. The molecule has 2 rings (SSSR count). The second-order valence-electron chi connectivity index (χ2n) is 5.91. The van der Waals surface area contributed by atoms with Crippen LogP contribution in [0.2, 0.25) is 5.15 Å². The van der Waals surface area contributed by atoms with Gasteiger partial charge in [-0.15, -0.1) is 0 Å². The van der Waals surface area contributed by atoms with E-state index in [0.717, 1.165) is 15.7 Å². The molecule has 0 unspecified atom stereocenters. The van der Waals surface area contributed by atoms with Crippen LogP contribution in [-0.2, 0) is 5.41 Å². The average molecular weight is 372 g/mol. The molecule has 0 aliphatic carbocycles. The Morgan fingerprint density at radius 2 is 2.00 bits per heavy atom. The average Bonchev–Trinajstić information content (AvgIpc) is 2.67. The molecule has 4 nitrogen and oxygen atoms in total. The van der Waals surface area contributed by atoms with Crippen LogP contribution in [0.4, 0.5) is 0 Å². The Hall–Kier alpha value is -1.33. The molecular formula is C15H16BrClN2O2. The van der Waals surface area contributed by atoms with E-state index in [-0.39, 0.29) is 10.7 Å². The number of rotatable bonds is 2. The van der Waals surface area contributed by atoms with Crippen LogP contribution in [0.15, 0.2) is 22.7 Å². The van der Waals surface area contributed by atoms with Gasteiger partial charge in [-0.1, -0.05) is 48.3 Å². The van der Waals surface area contributed by atoms with Crippen molar-refractivity contribution in [3.63, 3.8) is 0 Å². The van der Waals surface area contributed by atoms with E-state index in [9.17, 15) is 9.90 Å². The topological polar surface area (TPSA) is 55.1 Å². The third kappa shape index (κ3) is 2.99. The molecule has 1 aromatic heterocycles. The van der Waals surface area contributed by atoms with Crippen LogP contribution in [0.5, 0.6) is 0 Å². The van der Waals surface area contributed by atoms with E-state index in [0.29, 0.717) is 5.69 Å². The van der Waals surface area contributed by atoms with Gasteiger partial charge < -0.3 is 5.11 Å². The molecule has 112 valence electrons. The van der Waals surface area contributed by atoms with Crippen LogP contribution in [0.3, 0.4) is 0 Å². The van der Waals surface area contributed by atoms with Crippen molar-refractivity contribution in [2.45, 2.75) is 33.1 Å². The standard InChI is InChI=1S/C15H16BrClN2O2/c1-8-7-9(16)5-6-10(8)19-13(17)11(14(20)21)12(18-19)15(2,3)4/h5-7H,1-4H3,(H,20,21). The first kappa shape index (κ1) is 16.0. The van der Waals surface area contributed by atoms with Crippen LogP contribution >= 0.6 is 27.5 Å². The molecule has 0 atom stereocenters. The second-order valence-corrected chi connectivity index (χ2v) is 7.19. The van der Waals surface area contributed by atoms with E-state index in [1.807, 2.05) is 45.9 Å². The van der Waals surface area contributed by atoms with E-state index in [1.54, 1.807) is 0 Å². The number of hydrogen-bond acceptors (Lipinski definition) is 2. The fourth-order valence-corrected chi connectivity index (χ4v) is 2.90. The zero-order valence-corrected chi connectivity index (χ0v) is 14.6. The Balaban J connectivity index is 2.74. The molecule has 0 aliphatic rings. The number of carboxylic acids is 1. The van der Waals surface area contributed by atoms with Crippen molar-refractivity contribution in [1.29, 1.82) is 0 Å². The zero-order valence-electron chi connectivity index (χ0n) is 12.2. The molecule has 0 amide bonds. The maximum Gasteiger partial charge on any atom is 0.340 e. The number of aryl methyl sites for hydroxylation is 1. The summed E-state index contributed by atoms with van der Waals surface area (Å²) in [5.41, 5.74) is 1.84. The number of carboxylic acid groups (broad SMARTS) is 1. The minimum atomic E-state index is -1.06. The Labute approximate surface area is 136 Å². The van der Waals surface area contributed by atoms with E-state index in [4.69, 9.17) is 11.6 Å². The Bertz CT molecular complexity index is 717. The molecule has 0 spiro atoms. The first-order chi connectivity index (χ1) is 9.62. The molecule has 21 heavy (non-hydrogen) atoms. The van der Waals surface area contributed by atoms with E-state index in [1.165, 1.54) is 4.68 Å². The lowest BCUT2D eigenvalue weighted by Crippen LogP contribution is -2.16. The molecule has 1 heterocycles. The summed E-state index contributed by atoms with van der Waals surface area (Å²) in [4.78, 5) is 11.5. The number of carbonyl (C=O) groups is 1. The Kier molecular flexibility index (Phi) is 4.17. The molecule has 0 aliphatic heterocycles. The summed E-state index contributed by atoms with van der Waals surface area (Å²) >= 11 is 9.69. The van der Waals surface area contributed by atoms with Crippen LogP contribution in [0, 0.1) is 6.92 Å². The van der Waals surface area contributed by atoms with E-state index < -0.39 is 11.4 Å². The first-order valence-electron chi connectivity index (χ1n) is 6.41. The quantitative estimate of drug-likeness (QED) is 0.840. The fourth-order valence-electron chi connectivity index (χ4n) is 2.13. The van der Waals surface area contributed by atoms with Gasteiger partial charge in [-0.05, 0) is 30.7 Å². The Morgan fingerprint density at radius 1 is 1.38 bits per heavy atom. The Morgan fingerprint density at radius 3 is 2.43 bits per heavy atom. The zero-order chi connectivity index (χ0) is 15.9. The molecule has 0 bridgehead atoms. The van der Waals surface area contributed by atoms with Crippen LogP contribution in [-0.4, -0.2) is 20.9 Å². The number of hydrogen-bond donors (Lipinski definition) is 1. The van der Waals surface area contributed by atoms with Crippen molar-refractivity contribution in [3.05, 3.63) is 44.6 Å². The number of nitrogens with zero attached hydrogens (tertiary/aromatic N) is 2. The highest BCUT2D eigenvalue weighted by Crippen LogP contribution is 2.32. The summed E-state index contributed by atoms with van der Waals surface area (Å²) < 4.78 is 2.44. The SMILES string of the molecule is Cc1cc(Br)ccc1-n1nc(C(C)(C)C)c(C(=O)O)c1Cl. The minimum absolute atomic E-state index is 0.0616. The second kappa shape index (κ2) is 5.46. The highest BCUT2D eigenvalue weighted by molar-refractivity contribution is 9.10. The molecule has 0 saturated carbocycles. The molecular weight excluding hydrogens is 356 g/mol. The summed E-state index contributed by atoms with van der Waals surface area (Å²) in [6, 6.07) is 5.67. The smallest absolute Gasteiger partial charge is 0.340 e. The van der Waals surface area contributed by atoms with Gasteiger partial charge in [0.1, 0.15) is 10.7 Å². The third-order valence-electron chi connectivity index (χ3n) is 3.14. The highest BCUT2D eigenvalue weighted by Gasteiger charge is 2.30. The van der Waals surface area contributed by atoms with Gasteiger partial charge in [0.05, 0.1) is 11.4 Å². The van der Waals surface area contributed by atoms with Gasteiger partial charge in [-0.25, -0.2) is 9.48 Å². The van der Waals surface area contributed by atoms with Crippen molar-refractivity contribution < 1.29 is 9.90 Å². The first-order valence-corrected chi connectivity index (χ1v) is 7.59. The predicted molar refractivity (Wildman–Crippen MR) is 86.7 cm³/mol. The van der Waals surface area contributed by atoms with Crippen LogP contribution < -0.4 is 0 Å². The molecule has 2 aromatic rings. The molecule has 1 N–H and O–H groups in total. The van der Waals surface area contributed by atoms with Crippen molar-refractivity contribution in [2.24, 2.45) is 0 Å². The lowest BCUT2D eigenvalue weighted by molar-refractivity contribution is 0.0694. The largest absolute Gasteiger partial charge is 0.478 e. The van der Waals surface area contributed by atoms with E-state index in [2.05, 4.69) is 21.0 Å². The van der Waals surface area contributed by atoms with E-state index >= 15 is 0 Å². The van der Waals surface area contributed by atoms with Crippen LogP contribution in [0.25, 0.3) is 5.69 Å². The van der Waals surface area contributed by atoms with Gasteiger partial charge in [-0.2, -0.15) is 5.10 Å². The van der Waals surface area contributed by atoms with Crippen LogP contribution in [0.1, 0.15) is 42.4 Å². The van der Waals surface area contributed by atoms with Crippen molar-refractivity contribution in [3.8, 4) is 5.69 Å². The van der Waals surface area contributed by atoms with Gasteiger partial charge >= 0.3 is 5.97 Å². The number of aromatic carboxylic acids is 1. The van der Waals surface area contributed by atoms with Gasteiger partial charge in [0.25, 0.3) is 0 Å². The molecule has 0 saturated heterocycles. The minimum Gasteiger partial charge on any atom is -0.478 e. The summed E-state index contributed by atoms with van der Waals surface area (Å²) in [7, 11) is 0. The predicted octanol–water partition coefficient (Wildman–Crippen LogP) is 4.59. The maximum absolute atomic E-state index is 11.5. The van der Waals surface area contributed by atoms with Crippen molar-refractivity contribution in [1.82, 2.24) is 9.78 Å². The maximum atomic E-state index is 11.5. The number of halogens is 2. The molecule has 0 radical (unpaired) electrons. The third-order valence-corrected chi connectivity index (χ3v) is 3.98. The normalized spacial score (nSPS) is 11.7. The molecule has 6 heteroatoms. The number of aromatic nitrogens is 2. The van der Waals surface area contributed by atoms with Crippen molar-refractivity contribution in [2.75, 3.05) is 0 Å². The summed E-state index contributed by atoms with van der Waals surface area (Å²) in [6.45, 7) is 7.67. The monoisotopic (exact) mass is 370 g/mol. The van der Waals surface area contributed by atoms with Gasteiger partial charge in [0.2, 0.25) is 0 Å².